The second-order valence-electron chi connectivity index (χ2n) is 5.54. The number of aryl methyl sites for hydroxylation is 1. The van der Waals surface area contributed by atoms with E-state index >= 15 is 0 Å². The van der Waals surface area contributed by atoms with Gasteiger partial charge in [0.05, 0.1) is 12.7 Å². The molecule has 1 N–H and O–H groups in total. The van der Waals surface area contributed by atoms with E-state index < -0.39 is 5.97 Å². The quantitative estimate of drug-likeness (QED) is 0.634. The molecule has 0 atom stereocenters. The molecule has 132 valence electrons. The lowest BCUT2D eigenvalue weighted by Gasteiger charge is -2.12. The Hall–Kier alpha value is -2.12. The molecule has 0 spiro atoms. The van der Waals surface area contributed by atoms with Gasteiger partial charge < -0.3 is 14.8 Å². The maximum atomic E-state index is 12.2. The van der Waals surface area contributed by atoms with E-state index in [0.717, 1.165) is 36.1 Å². The van der Waals surface area contributed by atoms with Crippen molar-refractivity contribution in [2.24, 2.45) is 0 Å². The maximum Gasteiger partial charge on any atom is 0.341 e. The lowest BCUT2D eigenvalue weighted by Crippen LogP contribution is -2.21. The van der Waals surface area contributed by atoms with Gasteiger partial charge in [0.2, 0.25) is 0 Å². The van der Waals surface area contributed by atoms with Crippen LogP contribution in [0.2, 0.25) is 5.15 Å². The molecular formula is C17H17ClN2O4S. The molecule has 2 aromatic rings. The number of hydrogen-bond donors (Lipinski definition) is 1. The van der Waals surface area contributed by atoms with E-state index in [0.29, 0.717) is 16.3 Å². The van der Waals surface area contributed by atoms with Crippen molar-refractivity contribution in [1.29, 1.82) is 0 Å². The van der Waals surface area contributed by atoms with Crippen molar-refractivity contribution in [2.75, 3.05) is 19.0 Å². The highest BCUT2D eigenvalue weighted by atomic mass is 35.5. The number of hydrogen-bond acceptors (Lipinski definition) is 6. The van der Waals surface area contributed by atoms with Crippen molar-refractivity contribution >= 4 is 39.8 Å². The molecule has 8 heteroatoms. The summed E-state index contributed by atoms with van der Waals surface area (Å²) in [6.45, 7) is -0.228. The minimum Gasteiger partial charge on any atom is -0.481 e. The number of thiophene rings is 1. The minimum absolute atomic E-state index is 0.192. The number of nitrogens with zero attached hydrogens (tertiary/aromatic N) is 1. The van der Waals surface area contributed by atoms with Gasteiger partial charge in [0, 0.05) is 11.1 Å². The monoisotopic (exact) mass is 380 g/mol. The average molecular weight is 381 g/mol. The molecule has 0 saturated heterocycles. The zero-order chi connectivity index (χ0) is 17.8. The van der Waals surface area contributed by atoms with Crippen molar-refractivity contribution in [1.82, 2.24) is 4.98 Å². The molecule has 6 nitrogen and oxygen atoms in total. The van der Waals surface area contributed by atoms with Gasteiger partial charge in [-0.05, 0) is 43.4 Å². The number of ether oxygens (including phenoxy) is 2. The van der Waals surface area contributed by atoms with Crippen LogP contribution in [0.3, 0.4) is 0 Å². The smallest absolute Gasteiger partial charge is 0.341 e. The summed E-state index contributed by atoms with van der Waals surface area (Å²) in [5.41, 5.74) is 1.46. The Morgan fingerprint density at radius 2 is 2.16 bits per heavy atom. The summed E-state index contributed by atoms with van der Waals surface area (Å²) in [6, 6.07) is 3.30. The third-order valence-corrected chi connectivity index (χ3v) is 5.39. The normalized spacial score (nSPS) is 13.0. The number of halogens is 1. The van der Waals surface area contributed by atoms with Crippen LogP contribution in [0.5, 0.6) is 5.75 Å². The SMILES string of the molecule is COC(=O)c1c(NC(=O)COc2cccnc2Cl)sc2c1CCCC2. The van der Waals surface area contributed by atoms with Crippen molar-refractivity contribution < 1.29 is 19.1 Å². The Morgan fingerprint density at radius 3 is 2.92 bits per heavy atom. The van der Waals surface area contributed by atoms with Crippen molar-refractivity contribution in [3.05, 3.63) is 39.5 Å². The van der Waals surface area contributed by atoms with Crippen LogP contribution in [0.15, 0.2) is 18.3 Å². The third-order valence-electron chi connectivity index (χ3n) is 3.90. The fraction of sp³-hybridized carbons (Fsp3) is 0.353. The van der Waals surface area contributed by atoms with Crippen LogP contribution >= 0.6 is 22.9 Å². The van der Waals surface area contributed by atoms with Crippen molar-refractivity contribution in [3.63, 3.8) is 0 Å². The Balaban J connectivity index is 1.73. The summed E-state index contributed by atoms with van der Waals surface area (Å²) in [6.07, 6.45) is 5.40. The van der Waals surface area contributed by atoms with Crippen molar-refractivity contribution in [3.8, 4) is 5.75 Å². The first kappa shape index (κ1) is 17.7. The lowest BCUT2D eigenvalue weighted by molar-refractivity contribution is -0.118. The lowest BCUT2D eigenvalue weighted by atomic mass is 9.95. The van der Waals surface area contributed by atoms with Gasteiger partial charge in [0.1, 0.15) is 5.00 Å². The fourth-order valence-electron chi connectivity index (χ4n) is 2.76. The summed E-state index contributed by atoms with van der Waals surface area (Å²) in [5.74, 6) is -0.465. The van der Waals surface area contributed by atoms with Gasteiger partial charge in [-0.3, -0.25) is 4.79 Å². The van der Waals surface area contributed by atoms with E-state index in [9.17, 15) is 9.59 Å². The van der Waals surface area contributed by atoms with Crippen molar-refractivity contribution in [2.45, 2.75) is 25.7 Å². The van der Waals surface area contributed by atoms with Gasteiger partial charge in [-0.15, -0.1) is 11.3 Å². The fourth-order valence-corrected chi connectivity index (χ4v) is 4.22. The molecule has 0 radical (unpaired) electrons. The number of anilines is 1. The topological polar surface area (TPSA) is 77.5 Å². The predicted octanol–water partition coefficient (Wildman–Crippen LogP) is 3.48. The molecule has 0 bridgehead atoms. The molecule has 0 unspecified atom stereocenters. The van der Waals surface area contributed by atoms with Crippen LogP contribution < -0.4 is 10.1 Å². The highest BCUT2D eigenvalue weighted by Gasteiger charge is 2.27. The van der Waals surface area contributed by atoms with Crippen LogP contribution in [0.25, 0.3) is 0 Å². The highest BCUT2D eigenvalue weighted by Crippen LogP contribution is 2.38. The summed E-state index contributed by atoms with van der Waals surface area (Å²) in [5, 5.41) is 3.47. The molecule has 3 rings (SSSR count). The van der Waals surface area contributed by atoms with Gasteiger partial charge in [-0.25, -0.2) is 9.78 Å². The predicted molar refractivity (Wildman–Crippen MR) is 95.7 cm³/mol. The van der Waals surface area contributed by atoms with E-state index in [1.165, 1.54) is 24.6 Å². The van der Waals surface area contributed by atoms with Crippen LogP contribution in [0.4, 0.5) is 5.00 Å². The number of methoxy groups -OCH3 is 1. The van der Waals surface area contributed by atoms with Crippen LogP contribution in [0.1, 0.15) is 33.6 Å². The Kier molecular flexibility index (Phi) is 5.55. The summed E-state index contributed by atoms with van der Waals surface area (Å²) < 4.78 is 10.3. The highest BCUT2D eigenvalue weighted by molar-refractivity contribution is 7.17. The van der Waals surface area contributed by atoms with E-state index in [4.69, 9.17) is 21.1 Å². The summed E-state index contributed by atoms with van der Waals surface area (Å²) in [7, 11) is 1.34. The maximum absolute atomic E-state index is 12.2. The number of carbonyl (C=O) groups excluding carboxylic acids is 2. The number of carbonyl (C=O) groups is 2. The number of amides is 1. The second-order valence-corrected chi connectivity index (χ2v) is 7.00. The number of nitrogens with one attached hydrogen (secondary N) is 1. The zero-order valence-electron chi connectivity index (χ0n) is 13.6. The molecule has 2 aromatic heterocycles. The molecule has 0 fully saturated rings. The van der Waals surface area contributed by atoms with Gasteiger partial charge >= 0.3 is 5.97 Å². The first-order chi connectivity index (χ1) is 12.1. The molecular weight excluding hydrogens is 364 g/mol. The zero-order valence-corrected chi connectivity index (χ0v) is 15.2. The van der Waals surface area contributed by atoms with Gasteiger partial charge in [-0.2, -0.15) is 0 Å². The standard InChI is InChI=1S/C17H17ClN2O4S/c1-23-17(22)14-10-5-2-3-7-12(10)25-16(14)20-13(21)9-24-11-6-4-8-19-15(11)18/h4,6,8H,2-3,5,7,9H2,1H3,(H,20,21). The van der Waals surface area contributed by atoms with Crippen LogP contribution in [-0.2, 0) is 22.4 Å². The number of pyridine rings is 1. The largest absolute Gasteiger partial charge is 0.481 e. The number of rotatable bonds is 5. The molecule has 0 saturated carbocycles. The van der Waals surface area contributed by atoms with Gasteiger partial charge in [0.15, 0.2) is 17.5 Å². The van der Waals surface area contributed by atoms with Crippen LogP contribution in [-0.4, -0.2) is 30.6 Å². The van der Waals surface area contributed by atoms with Crippen LogP contribution in [0, 0.1) is 0 Å². The summed E-state index contributed by atoms with van der Waals surface area (Å²) in [4.78, 5) is 29.4. The molecule has 25 heavy (non-hydrogen) atoms. The minimum atomic E-state index is -0.425. The first-order valence-corrected chi connectivity index (χ1v) is 9.05. The average Bonchev–Trinajstić information content (AvgIpc) is 2.98. The number of esters is 1. The number of fused-ring (bicyclic) bond motifs is 1. The Morgan fingerprint density at radius 1 is 1.36 bits per heavy atom. The van der Waals surface area contributed by atoms with E-state index in [1.807, 2.05) is 0 Å². The number of aromatic nitrogens is 1. The van der Waals surface area contributed by atoms with Gasteiger partial charge in [0.25, 0.3) is 5.91 Å². The molecule has 1 aliphatic carbocycles. The first-order valence-electron chi connectivity index (χ1n) is 7.86. The van der Waals surface area contributed by atoms with E-state index in [2.05, 4.69) is 10.3 Å². The summed E-state index contributed by atoms with van der Waals surface area (Å²) >= 11 is 7.33. The van der Waals surface area contributed by atoms with E-state index in [1.54, 1.807) is 12.1 Å². The molecule has 0 aromatic carbocycles. The molecule has 1 aliphatic rings. The van der Waals surface area contributed by atoms with E-state index in [-0.39, 0.29) is 17.7 Å². The molecule has 1 amide bonds. The van der Waals surface area contributed by atoms with Gasteiger partial charge in [-0.1, -0.05) is 11.6 Å². The molecule has 0 aliphatic heterocycles. The third kappa shape index (κ3) is 3.93. The molecule has 2 heterocycles. The Labute approximate surface area is 154 Å². The second kappa shape index (κ2) is 7.84. The Bertz CT molecular complexity index is 806.